The number of ether oxygens (including phenoxy) is 1. The summed E-state index contributed by atoms with van der Waals surface area (Å²) in [6.45, 7) is 4.76. The van der Waals surface area contributed by atoms with Gasteiger partial charge in [0, 0.05) is 62.1 Å². The molecule has 0 spiro atoms. The number of rotatable bonds is 7. The molecule has 2 fully saturated rings. The number of aryl methyl sites for hydroxylation is 2. The standard InChI is InChI=1S/C28H39ClN6O2/c1-19-12-26(32-34(19)3)21-6-10-23(11-7-21)35-15-25(14-30-28(36)27-16-33(2)18-31-27)37-17-24(35)13-20-4-8-22(29)9-5-20/h4-5,8-9,12,16,21,23-25,31H,6-7,10-11,13-15,17-18H2,1-3H3,(H,30,36). The molecular formula is C28H39ClN6O2. The van der Waals surface area contributed by atoms with Crippen molar-refractivity contribution in [2.24, 2.45) is 7.05 Å². The zero-order valence-electron chi connectivity index (χ0n) is 22.1. The molecule has 3 heterocycles. The third kappa shape index (κ3) is 6.30. The first-order valence-electron chi connectivity index (χ1n) is 13.4. The second kappa shape index (κ2) is 11.5. The zero-order valence-corrected chi connectivity index (χ0v) is 22.9. The summed E-state index contributed by atoms with van der Waals surface area (Å²) in [4.78, 5) is 17.2. The van der Waals surface area contributed by atoms with Gasteiger partial charge in [-0.25, -0.2) is 0 Å². The average molecular weight is 527 g/mol. The minimum absolute atomic E-state index is 0.0266. The van der Waals surface area contributed by atoms with E-state index in [1.165, 1.54) is 17.0 Å². The SMILES string of the molecule is Cc1cc(C2CCC(N3CC(CNC(=O)C4=CN(C)CN4)OCC3Cc3ccc(Cl)cc3)CC2)nn1C. The van der Waals surface area contributed by atoms with Gasteiger partial charge in [0.2, 0.25) is 0 Å². The third-order valence-corrected chi connectivity index (χ3v) is 8.36. The van der Waals surface area contributed by atoms with Crippen molar-refractivity contribution in [3.8, 4) is 0 Å². The highest BCUT2D eigenvalue weighted by molar-refractivity contribution is 6.30. The lowest BCUT2D eigenvalue weighted by atomic mass is 9.82. The molecule has 5 rings (SSSR count). The van der Waals surface area contributed by atoms with Gasteiger partial charge in [-0.15, -0.1) is 0 Å². The lowest BCUT2D eigenvalue weighted by Crippen LogP contribution is -2.57. The topological polar surface area (TPSA) is 74.7 Å². The number of carbonyl (C=O) groups excluding carboxylic acids is 1. The summed E-state index contributed by atoms with van der Waals surface area (Å²) in [5.74, 6) is 0.459. The molecule has 2 aromatic rings. The molecular weight excluding hydrogens is 488 g/mol. The summed E-state index contributed by atoms with van der Waals surface area (Å²) in [6.07, 6.45) is 7.36. The van der Waals surface area contributed by atoms with E-state index in [1.807, 2.05) is 42.0 Å². The Hall–Kier alpha value is -2.55. The van der Waals surface area contributed by atoms with Gasteiger partial charge in [-0.1, -0.05) is 23.7 Å². The second-order valence-corrected chi connectivity index (χ2v) is 11.3. The molecule has 8 nitrogen and oxygen atoms in total. The Labute approximate surface area is 225 Å². The van der Waals surface area contributed by atoms with Gasteiger partial charge < -0.3 is 20.3 Å². The molecule has 2 N–H and O–H groups in total. The second-order valence-electron chi connectivity index (χ2n) is 10.8. The Bertz CT molecular complexity index is 1090. The first kappa shape index (κ1) is 26.1. The van der Waals surface area contributed by atoms with Crippen LogP contribution >= 0.6 is 11.6 Å². The number of hydrogen-bond donors (Lipinski definition) is 2. The predicted molar refractivity (Wildman–Crippen MR) is 145 cm³/mol. The lowest BCUT2D eigenvalue weighted by Gasteiger charge is -2.46. The molecule has 2 atom stereocenters. The summed E-state index contributed by atoms with van der Waals surface area (Å²) in [5.41, 5.74) is 4.34. The third-order valence-electron chi connectivity index (χ3n) is 8.11. The summed E-state index contributed by atoms with van der Waals surface area (Å²) in [5, 5.41) is 11.7. The van der Waals surface area contributed by atoms with Crippen molar-refractivity contribution in [1.29, 1.82) is 0 Å². The van der Waals surface area contributed by atoms with Crippen molar-refractivity contribution in [2.75, 3.05) is 33.4 Å². The highest BCUT2D eigenvalue weighted by Crippen LogP contribution is 2.36. The molecule has 1 amide bonds. The fourth-order valence-electron chi connectivity index (χ4n) is 5.87. The van der Waals surface area contributed by atoms with Gasteiger partial charge >= 0.3 is 0 Å². The number of amides is 1. The normalized spacial score (nSPS) is 26.6. The highest BCUT2D eigenvalue weighted by Gasteiger charge is 2.36. The zero-order chi connectivity index (χ0) is 25.9. The number of hydrogen-bond acceptors (Lipinski definition) is 6. The summed E-state index contributed by atoms with van der Waals surface area (Å²) in [6, 6.07) is 11.2. The Kier molecular flexibility index (Phi) is 8.07. The van der Waals surface area contributed by atoms with Crippen molar-refractivity contribution >= 4 is 17.5 Å². The van der Waals surface area contributed by atoms with Gasteiger partial charge in [0.05, 0.1) is 25.1 Å². The number of nitrogens with one attached hydrogen (secondary N) is 2. The molecule has 200 valence electrons. The van der Waals surface area contributed by atoms with E-state index in [9.17, 15) is 4.79 Å². The van der Waals surface area contributed by atoms with E-state index in [-0.39, 0.29) is 12.0 Å². The van der Waals surface area contributed by atoms with Crippen molar-refractivity contribution < 1.29 is 9.53 Å². The average Bonchev–Trinajstić information content (AvgIpc) is 3.49. The lowest BCUT2D eigenvalue weighted by molar-refractivity contribution is -0.120. The fourth-order valence-corrected chi connectivity index (χ4v) is 6.00. The van der Waals surface area contributed by atoms with Crippen molar-refractivity contribution in [3.63, 3.8) is 0 Å². The minimum Gasteiger partial charge on any atom is -0.373 e. The predicted octanol–water partition coefficient (Wildman–Crippen LogP) is 3.17. The monoisotopic (exact) mass is 526 g/mol. The number of carbonyl (C=O) groups is 1. The van der Waals surface area contributed by atoms with Crippen LogP contribution in [0, 0.1) is 6.92 Å². The number of morpholine rings is 1. The van der Waals surface area contributed by atoms with Crippen LogP contribution in [0.3, 0.4) is 0 Å². The largest absolute Gasteiger partial charge is 0.373 e. The van der Waals surface area contributed by atoms with Gasteiger partial charge in [0.1, 0.15) is 5.70 Å². The first-order valence-corrected chi connectivity index (χ1v) is 13.8. The van der Waals surface area contributed by atoms with Crippen molar-refractivity contribution in [1.82, 2.24) is 30.2 Å². The molecule has 9 heteroatoms. The smallest absolute Gasteiger partial charge is 0.269 e. The van der Waals surface area contributed by atoms with Crippen LogP contribution < -0.4 is 10.6 Å². The molecule has 1 aromatic heterocycles. The van der Waals surface area contributed by atoms with Crippen LogP contribution in [-0.4, -0.2) is 77.1 Å². The van der Waals surface area contributed by atoms with Crippen LogP contribution in [0.15, 0.2) is 42.2 Å². The Morgan fingerprint density at radius 1 is 1.19 bits per heavy atom. The van der Waals surface area contributed by atoms with Gasteiger partial charge in [-0.3, -0.25) is 14.4 Å². The molecule has 1 aromatic carbocycles. The van der Waals surface area contributed by atoms with E-state index in [1.54, 1.807) is 0 Å². The van der Waals surface area contributed by atoms with Crippen molar-refractivity contribution in [2.45, 2.75) is 63.1 Å². The van der Waals surface area contributed by atoms with Crippen LogP contribution in [0.4, 0.5) is 0 Å². The van der Waals surface area contributed by atoms with Crippen molar-refractivity contribution in [3.05, 3.63) is 64.2 Å². The molecule has 2 aliphatic heterocycles. The molecule has 37 heavy (non-hydrogen) atoms. The molecule has 3 aliphatic rings. The maximum Gasteiger partial charge on any atom is 0.269 e. The Morgan fingerprint density at radius 3 is 2.59 bits per heavy atom. The quantitative estimate of drug-likeness (QED) is 0.577. The van der Waals surface area contributed by atoms with Crippen LogP contribution in [-0.2, 0) is 23.0 Å². The summed E-state index contributed by atoms with van der Waals surface area (Å²) >= 11 is 6.13. The van der Waals surface area contributed by atoms with Gasteiger partial charge in [-0.2, -0.15) is 5.10 Å². The molecule has 1 saturated carbocycles. The van der Waals surface area contributed by atoms with E-state index in [0.29, 0.717) is 43.5 Å². The molecule has 0 radical (unpaired) electrons. The summed E-state index contributed by atoms with van der Waals surface area (Å²) < 4.78 is 8.29. The number of nitrogens with zero attached hydrogens (tertiary/aromatic N) is 4. The molecule has 0 bridgehead atoms. The van der Waals surface area contributed by atoms with Crippen LogP contribution in [0.5, 0.6) is 0 Å². The number of halogens is 1. The fraction of sp³-hybridized carbons (Fsp3) is 0.571. The Morgan fingerprint density at radius 2 is 1.95 bits per heavy atom. The summed E-state index contributed by atoms with van der Waals surface area (Å²) in [7, 11) is 3.97. The van der Waals surface area contributed by atoms with E-state index < -0.39 is 0 Å². The van der Waals surface area contributed by atoms with E-state index in [0.717, 1.165) is 43.7 Å². The molecule has 1 aliphatic carbocycles. The Balaban J connectivity index is 1.23. The minimum atomic E-state index is -0.0750. The van der Waals surface area contributed by atoms with Crippen LogP contribution in [0.2, 0.25) is 5.02 Å². The van der Waals surface area contributed by atoms with Gasteiger partial charge in [0.25, 0.3) is 5.91 Å². The van der Waals surface area contributed by atoms with E-state index in [2.05, 4.69) is 40.7 Å². The van der Waals surface area contributed by atoms with Crippen LogP contribution in [0.25, 0.3) is 0 Å². The van der Waals surface area contributed by atoms with Gasteiger partial charge in [0.15, 0.2) is 0 Å². The van der Waals surface area contributed by atoms with E-state index >= 15 is 0 Å². The number of aromatic nitrogens is 2. The molecule has 2 unspecified atom stereocenters. The maximum atomic E-state index is 12.6. The maximum absolute atomic E-state index is 12.6. The van der Waals surface area contributed by atoms with E-state index in [4.69, 9.17) is 21.4 Å². The first-order chi connectivity index (χ1) is 17.9. The molecule has 1 saturated heterocycles. The highest BCUT2D eigenvalue weighted by atomic mass is 35.5. The number of benzene rings is 1. The van der Waals surface area contributed by atoms with Crippen LogP contribution in [0.1, 0.15) is 48.6 Å². The van der Waals surface area contributed by atoms with Gasteiger partial charge in [-0.05, 0) is 62.8 Å².